The van der Waals surface area contributed by atoms with Crippen LogP contribution in [0.1, 0.15) is 20.3 Å². The summed E-state index contributed by atoms with van der Waals surface area (Å²) in [5.41, 5.74) is 5.47. The molecular formula is C10H15BrClN3. The summed E-state index contributed by atoms with van der Waals surface area (Å²) in [5.74, 6) is 0.790. The Labute approximate surface area is 104 Å². The molecule has 1 heterocycles. The molecule has 15 heavy (non-hydrogen) atoms. The second kappa shape index (κ2) is 5.14. The maximum Gasteiger partial charge on any atom is 0.140 e. The first-order valence-electron chi connectivity index (χ1n) is 4.74. The highest BCUT2D eigenvalue weighted by atomic mass is 79.9. The number of nitrogens with two attached hydrogens (primary N) is 1. The number of pyridine rings is 1. The first-order valence-corrected chi connectivity index (χ1v) is 5.91. The van der Waals surface area contributed by atoms with Gasteiger partial charge in [-0.3, -0.25) is 0 Å². The smallest absolute Gasteiger partial charge is 0.140 e. The van der Waals surface area contributed by atoms with Gasteiger partial charge in [0.15, 0.2) is 0 Å². The molecule has 0 saturated carbocycles. The van der Waals surface area contributed by atoms with Crippen LogP contribution in [0.5, 0.6) is 0 Å². The Morgan fingerprint density at radius 1 is 1.60 bits per heavy atom. The molecular weight excluding hydrogens is 277 g/mol. The highest BCUT2D eigenvalue weighted by Gasteiger charge is 2.18. The van der Waals surface area contributed by atoms with Gasteiger partial charge >= 0.3 is 0 Å². The summed E-state index contributed by atoms with van der Waals surface area (Å²) in [5, 5.41) is 3.93. The van der Waals surface area contributed by atoms with Crippen molar-refractivity contribution in [2.75, 3.05) is 11.9 Å². The summed E-state index contributed by atoms with van der Waals surface area (Å²) in [7, 11) is 0. The second-order valence-corrected chi connectivity index (χ2v) is 5.32. The normalized spacial score (nSPS) is 11.5. The fourth-order valence-corrected chi connectivity index (χ4v) is 1.99. The van der Waals surface area contributed by atoms with Crippen LogP contribution in [0.15, 0.2) is 16.7 Å². The first kappa shape index (κ1) is 12.7. The SMILES string of the molecule is CC(C)(CCN)Nc1ncc(Cl)cc1Br. The summed E-state index contributed by atoms with van der Waals surface area (Å²) >= 11 is 9.22. The molecule has 0 spiro atoms. The van der Waals surface area contributed by atoms with Crippen molar-refractivity contribution < 1.29 is 0 Å². The number of nitrogens with zero attached hydrogens (tertiary/aromatic N) is 1. The van der Waals surface area contributed by atoms with Gasteiger partial charge in [-0.05, 0) is 48.8 Å². The van der Waals surface area contributed by atoms with Crippen molar-refractivity contribution in [1.82, 2.24) is 4.98 Å². The van der Waals surface area contributed by atoms with Crippen LogP contribution in [0.4, 0.5) is 5.82 Å². The number of nitrogens with one attached hydrogen (secondary N) is 1. The lowest BCUT2D eigenvalue weighted by atomic mass is 10.0. The molecule has 84 valence electrons. The maximum atomic E-state index is 5.81. The van der Waals surface area contributed by atoms with Crippen LogP contribution >= 0.6 is 27.5 Å². The van der Waals surface area contributed by atoms with Gasteiger partial charge in [0, 0.05) is 11.7 Å². The van der Waals surface area contributed by atoms with Gasteiger partial charge in [0.25, 0.3) is 0 Å². The number of aromatic nitrogens is 1. The Hall–Kier alpha value is -0.320. The fraction of sp³-hybridized carbons (Fsp3) is 0.500. The quantitative estimate of drug-likeness (QED) is 0.897. The minimum absolute atomic E-state index is 0.0713. The van der Waals surface area contributed by atoms with Crippen molar-refractivity contribution in [3.63, 3.8) is 0 Å². The number of halogens is 2. The summed E-state index contributed by atoms with van der Waals surface area (Å²) in [6, 6.07) is 1.81. The molecule has 0 unspecified atom stereocenters. The average molecular weight is 293 g/mol. The van der Waals surface area contributed by atoms with E-state index in [0.717, 1.165) is 16.7 Å². The summed E-state index contributed by atoms with van der Waals surface area (Å²) in [6.45, 7) is 4.82. The van der Waals surface area contributed by atoms with Crippen LogP contribution in [0, 0.1) is 0 Å². The highest BCUT2D eigenvalue weighted by Crippen LogP contribution is 2.26. The molecule has 3 N–H and O–H groups in total. The lowest BCUT2D eigenvalue weighted by molar-refractivity contribution is 0.524. The van der Waals surface area contributed by atoms with E-state index in [1.165, 1.54) is 0 Å². The van der Waals surface area contributed by atoms with E-state index in [0.29, 0.717) is 11.6 Å². The minimum atomic E-state index is -0.0713. The molecule has 0 aliphatic heterocycles. The third-order valence-electron chi connectivity index (χ3n) is 2.03. The van der Waals surface area contributed by atoms with E-state index in [9.17, 15) is 0 Å². The molecule has 0 radical (unpaired) electrons. The minimum Gasteiger partial charge on any atom is -0.364 e. The molecule has 0 fully saturated rings. The van der Waals surface area contributed by atoms with Gasteiger partial charge in [-0.15, -0.1) is 0 Å². The molecule has 0 aromatic carbocycles. The summed E-state index contributed by atoms with van der Waals surface area (Å²) < 4.78 is 0.861. The Morgan fingerprint density at radius 3 is 2.80 bits per heavy atom. The van der Waals surface area contributed by atoms with E-state index < -0.39 is 0 Å². The number of rotatable bonds is 4. The molecule has 0 saturated heterocycles. The van der Waals surface area contributed by atoms with Crippen LogP contribution in [0.25, 0.3) is 0 Å². The third kappa shape index (κ3) is 3.97. The predicted octanol–water partition coefficient (Wildman–Crippen LogP) is 3.04. The van der Waals surface area contributed by atoms with Gasteiger partial charge in [-0.2, -0.15) is 0 Å². The van der Waals surface area contributed by atoms with Gasteiger partial charge in [-0.25, -0.2) is 4.98 Å². The standard InChI is InChI=1S/C10H15BrClN3/c1-10(2,3-4-13)15-9-8(11)5-7(12)6-14-9/h5-6H,3-4,13H2,1-2H3,(H,14,15). The van der Waals surface area contributed by atoms with Crippen LogP contribution in [0.3, 0.4) is 0 Å². The number of hydrogen-bond donors (Lipinski definition) is 2. The lowest BCUT2D eigenvalue weighted by Crippen LogP contribution is -2.33. The zero-order valence-electron chi connectivity index (χ0n) is 8.85. The Kier molecular flexibility index (Phi) is 4.37. The summed E-state index contributed by atoms with van der Waals surface area (Å²) in [6.07, 6.45) is 2.50. The fourth-order valence-electron chi connectivity index (χ4n) is 1.25. The maximum absolute atomic E-state index is 5.81. The van der Waals surface area contributed by atoms with Crippen LogP contribution in [-0.4, -0.2) is 17.1 Å². The van der Waals surface area contributed by atoms with E-state index in [-0.39, 0.29) is 5.54 Å². The zero-order chi connectivity index (χ0) is 11.5. The zero-order valence-corrected chi connectivity index (χ0v) is 11.2. The van der Waals surface area contributed by atoms with E-state index in [4.69, 9.17) is 17.3 Å². The van der Waals surface area contributed by atoms with Gasteiger partial charge in [0.2, 0.25) is 0 Å². The molecule has 3 nitrogen and oxygen atoms in total. The van der Waals surface area contributed by atoms with Crippen LogP contribution < -0.4 is 11.1 Å². The topological polar surface area (TPSA) is 50.9 Å². The average Bonchev–Trinajstić information content (AvgIpc) is 2.09. The van der Waals surface area contributed by atoms with Crippen molar-refractivity contribution >= 4 is 33.3 Å². The number of hydrogen-bond acceptors (Lipinski definition) is 3. The van der Waals surface area contributed by atoms with Crippen molar-refractivity contribution in [3.8, 4) is 0 Å². The molecule has 1 aromatic heterocycles. The number of anilines is 1. The Balaban J connectivity index is 2.80. The molecule has 1 aromatic rings. The van der Waals surface area contributed by atoms with Crippen LogP contribution in [-0.2, 0) is 0 Å². The van der Waals surface area contributed by atoms with E-state index in [1.807, 2.05) is 6.07 Å². The monoisotopic (exact) mass is 291 g/mol. The third-order valence-corrected chi connectivity index (χ3v) is 2.85. The van der Waals surface area contributed by atoms with Crippen molar-refractivity contribution in [3.05, 3.63) is 21.8 Å². The van der Waals surface area contributed by atoms with Gasteiger partial charge in [0.1, 0.15) is 5.82 Å². The first-order chi connectivity index (χ1) is 6.94. The second-order valence-electron chi connectivity index (χ2n) is 4.03. The van der Waals surface area contributed by atoms with E-state index in [2.05, 4.69) is 40.1 Å². The predicted molar refractivity (Wildman–Crippen MR) is 68.3 cm³/mol. The molecule has 0 atom stereocenters. The van der Waals surface area contributed by atoms with Crippen LogP contribution in [0.2, 0.25) is 5.02 Å². The summed E-state index contributed by atoms with van der Waals surface area (Å²) in [4.78, 5) is 4.21. The van der Waals surface area contributed by atoms with Crippen molar-refractivity contribution in [2.24, 2.45) is 5.73 Å². The van der Waals surface area contributed by atoms with E-state index in [1.54, 1.807) is 6.20 Å². The largest absolute Gasteiger partial charge is 0.364 e. The van der Waals surface area contributed by atoms with Crippen molar-refractivity contribution in [1.29, 1.82) is 0 Å². The van der Waals surface area contributed by atoms with Crippen molar-refractivity contribution in [2.45, 2.75) is 25.8 Å². The molecule has 0 amide bonds. The van der Waals surface area contributed by atoms with E-state index >= 15 is 0 Å². The lowest BCUT2D eigenvalue weighted by Gasteiger charge is -2.26. The molecule has 0 aliphatic rings. The van der Waals surface area contributed by atoms with Gasteiger partial charge in [-0.1, -0.05) is 11.6 Å². The molecule has 0 aliphatic carbocycles. The molecule has 1 rings (SSSR count). The Bertz CT molecular complexity index is 341. The molecule has 0 bridgehead atoms. The highest BCUT2D eigenvalue weighted by molar-refractivity contribution is 9.10. The Morgan fingerprint density at radius 2 is 2.27 bits per heavy atom. The van der Waals surface area contributed by atoms with Gasteiger partial charge < -0.3 is 11.1 Å². The molecule has 5 heteroatoms. The van der Waals surface area contributed by atoms with Gasteiger partial charge in [0.05, 0.1) is 9.50 Å².